The van der Waals surface area contributed by atoms with Crippen molar-refractivity contribution in [1.29, 1.82) is 0 Å². The van der Waals surface area contributed by atoms with E-state index < -0.39 is 0 Å². The fourth-order valence-electron chi connectivity index (χ4n) is 5.75. The summed E-state index contributed by atoms with van der Waals surface area (Å²) in [7, 11) is 4.37. The van der Waals surface area contributed by atoms with E-state index >= 15 is 0 Å². The smallest absolute Gasteiger partial charge is 0.174 e. The van der Waals surface area contributed by atoms with Crippen LogP contribution in [0.1, 0.15) is 54.0 Å². The molecule has 0 atom stereocenters. The van der Waals surface area contributed by atoms with Crippen molar-refractivity contribution in [2.24, 2.45) is 5.92 Å². The number of piperidine rings is 1. The molecular weight excluding hydrogens is 466 g/mol. The molecule has 1 aromatic heterocycles. The molecule has 0 bridgehead atoms. The van der Waals surface area contributed by atoms with Gasteiger partial charge in [-0.05, 0) is 113 Å². The van der Waals surface area contributed by atoms with E-state index in [1.54, 1.807) is 6.08 Å². The zero-order valence-electron chi connectivity index (χ0n) is 23.2. The summed E-state index contributed by atoms with van der Waals surface area (Å²) in [6.45, 7) is 10.5. The largest absolute Gasteiger partial charge is 0.309 e. The molecule has 1 saturated heterocycles. The lowest BCUT2D eigenvalue weighted by molar-refractivity contribution is 0.157. The van der Waals surface area contributed by atoms with Gasteiger partial charge in [0, 0.05) is 13.1 Å². The molecule has 5 rings (SSSR count). The Balaban J connectivity index is 1.14. The first kappa shape index (κ1) is 26.3. The minimum absolute atomic E-state index is 0.659. The Morgan fingerprint density at radius 2 is 1.66 bits per heavy atom. The molecule has 1 fully saturated rings. The van der Waals surface area contributed by atoms with Crippen molar-refractivity contribution in [2.45, 2.75) is 45.6 Å². The zero-order chi connectivity index (χ0) is 26.5. The van der Waals surface area contributed by atoms with Gasteiger partial charge in [0.05, 0.1) is 5.69 Å². The Labute approximate surface area is 228 Å². The highest BCUT2D eigenvalue weighted by atomic mass is 15.3. The van der Waals surface area contributed by atoms with Crippen LogP contribution in [0.2, 0.25) is 0 Å². The molecule has 0 N–H and O–H groups in total. The summed E-state index contributed by atoms with van der Waals surface area (Å²) in [6.07, 6.45) is 12.2. The molecule has 1 aliphatic heterocycles. The third-order valence-corrected chi connectivity index (χ3v) is 7.88. The molecule has 2 aromatic carbocycles. The van der Waals surface area contributed by atoms with Crippen molar-refractivity contribution in [1.82, 2.24) is 24.6 Å². The summed E-state index contributed by atoms with van der Waals surface area (Å²) in [6, 6.07) is 18.0. The number of allylic oxidation sites excluding steroid dienone is 4. The van der Waals surface area contributed by atoms with Crippen molar-refractivity contribution in [3.05, 3.63) is 101 Å². The highest BCUT2D eigenvalue weighted by molar-refractivity contribution is 5.69. The lowest BCUT2D eigenvalue weighted by Gasteiger charge is -2.33. The first-order valence-electron chi connectivity index (χ1n) is 14.0. The minimum Gasteiger partial charge on any atom is -0.309 e. The van der Waals surface area contributed by atoms with Gasteiger partial charge < -0.3 is 4.90 Å². The van der Waals surface area contributed by atoms with Crippen LogP contribution >= 0.6 is 0 Å². The van der Waals surface area contributed by atoms with Gasteiger partial charge in [0.15, 0.2) is 5.82 Å². The molecule has 5 heteroatoms. The van der Waals surface area contributed by atoms with Gasteiger partial charge in [-0.3, -0.25) is 4.90 Å². The van der Waals surface area contributed by atoms with Crippen LogP contribution < -0.4 is 0 Å². The standard InChI is InChI=1S/C33H41N5/c1-5-33-34-25(2)38(35-33)32-16-10-27(11-17-32)22-26-6-12-30(13-7-26)31-14-8-28(9-15-31)24-37-20-18-29(19-21-37)23-36(3)4/h5-6,8-12,14-17,29H,1,7,13,18-24H2,2-4H3. The average Bonchev–Trinajstić information content (AvgIpc) is 3.31. The molecule has 38 heavy (non-hydrogen) atoms. The summed E-state index contributed by atoms with van der Waals surface area (Å²) in [4.78, 5) is 9.36. The molecule has 3 aromatic rings. The molecule has 1 aliphatic carbocycles. The van der Waals surface area contributed by atoms with Gasteiger partial charge in [0.1, 0.15) is 5.82 Å². The highest BCUT2D eigenvalue weighted by Crippen LogP contribution is 2.29. The van der Waals surface area contributed by atoms with E-state index in [1.165, 1.54) is 60.3 Å². The van der Waals surface area contributed by atoms with E-state index in [2.05, 4.69) is 101 Å². The quantitative estimate of drug-likeness (QED) is 0.339. The fraction of sp³-hybridized carbons (Fsp3) is 0.394. The number of rotatable bonds is 9. The zero-order valence-corrected chi connectivity index (χ0v) is 23.2. The first-order valence-corrected chi connectivity index (χ1v) is 14.0. The number of aryl methyl sites for hydroxylation is 1. The minimum atomic E-state index is 0.659. The third-order valence-electron chi connectivity index (χ3n) is 7.88. The number of hydrogen-bond donors (Lipinski definition) is 0. The molecule has 2 aliphatic rings. The van der Waals surface area contributed by atoms with Crippen molar-refractivity contribution < 1.29 is 0 Å². The SMILES string of the molecule is C=Cc1nc(C)n(-c2ccc(CC3=CC=C(c4ccc(CN5CCC(CN(C)C)CC5)cc4)CC3)cc2)n1. The van der Waals surface area contributed by atoms with Crippen molar-refractivity contribution >= 4 is 11.6 Å². The normalized spacial score (nSPS) is 16.9. The van der Waals surface area contributed by atoms with Gasteiger partial charge in [0.25, 0.3) is 0 Å². The van der Waals surface area contributed by atoms with Crippen LogP contribution in [0.4, 0.5) is 0 Å². The van der Waals surface area contributed by atoms with Crippen LogP contribution in [0.15, 0.2) is 72.8 Å². The van der Waals surface area contributed by atoms with E-state index in [0.717, 1.165) is 43.2 Å². The summed E-state index contributed by atoms with van der Waals surface area (Å²) >= 11 is 0. The highest BCUT2D eigenvalue weighted by Gasteiger charge is 2.19. The maximum atomic E-state index is 4.49. The lowest BCUT2D eigenvalue weighted by atomic mass is 9.90. The van der Waals surface area contributed by atoms with Gasteiger partial charge in [-0.25, -0.2) is 9.67 Å². The van der Waals surface area contributed by atoms with Crippen molar-refractivity contribution in [2.75, 3.05) is 33.7 Å². The topological polar surface area (TPSA) is 37.2 Å². The maximum Gasteiger partial charge on any atom is 0.174 e. The van der Waals surface area contributed by atoms with Crippen LogP contribution in [0.25, 0.3) is 17.3 Å². The van der Waals surface area contributed by atoms with Gasteiger partial charge >= 0.3 is 0 Å². The molecule has 2 heterocycles. The number of benzene rings is 2. The van der Waals surface area contributed by atoms with Crippen LogP contribution in [-0.2, 0) is 13.0 Å². The summed E-state index contributed by atoms with van der Waals surface area (Å²) in [5.41, 5.74) is 8.08. The van der Waals surface area contributed by atoms with E-state index in [9.17, 15) is 0 Å². The number of likely N-dealkylation sites (tertiary alicyclic amines) is 1. The lowest BCUT2D eigenvalue weighted by Crippen LogP contribution is -2.36. The van der Waals surface area contributed by atoms with Crippen molar-refractivity contribution in [3.8, 4) is 5.69 Å². The molecular formula is C33H41N5. The molecule has 0 radical (unpaired) electrons. The summed E-state index contributed by atoms with van der Waals surface area (Å²) < 4.78 is 1.87. The van der Waals surface area contributed by atoms with Crippen LogP contribution in [0, 0.1) is 12.8 Å². The van der Waals surface area contributed by atoms with Crippen LogP contribution in [0.5, 0.6) is 0 Å². The van der Waals surface area contributed by atoms with E-state index in [-0.39, 0.29) is 0 Å². The van der Waals surface area contributed by atoms with E-state index in [1.807, 2.05) is 11.6 Å². The Morgan fingerprint density at radius 1 is 0.947 bits per heavy atom. The van der Waals surface area contributed by atoms with Crippen molar-refractivity contribution in [3.63, 3.8) is 0 Å². The predicted octanol–water partition coefficient (Wildman–Crippen LogP) is 6.34. The monoisotopic (exact) mass is 507 g/mol. The molecule has 5 nitrogen and oxygen atoms in total. The Bertz CT molecular complexity index is 1290. The first-order chi connectivity index (χ1) is 18.5. The Hall–Kier alpha value is -3.28. The summed E-state index contributed by atoms with van der Waals surface area (Å²) in [5.74, 6) is 2.38. The number of aromatic nitrogens is 3. The van der Waals surface area contributed by atoms with E-state index in [0.29, 0.717) is 5.82 Å². The average molecular weight is 508 g/mol. The number of nitrogens with zero attached hydrogens (tertiary/aromatic N) is 5. The molecule has 0 saturated carbocycles. The Kier molecular flexibility index (Phi) is 8.35. The van der Waals surface area contributed by atoms with Gasteiger partial charge in [-0.2, -0.15) is 0 Å². The Morgan fingerprint density at radius 3 is 2.26 bits per heavy atom. The second-order valence-corrected chi connectivity index (χ2v) is 11.2. The van der Waals surface area contributed by atoms with Gasteiger partial charge in [-0.15, -0.1) is 5.10 Å². The van der Waals surface area contributed by atoms with E-state index in [4.69, 9.17) is 0 Å². The molecule has 0 unspecified atom stereocenters. The van der Waals surface area contributed by atoms with Gasteiger partial charge in [0.2, 0.25) is 0 Å². The summed E-state index contributed by atoms with van der Waals surface area (Å²) in [5, 5.41) is 4.49. The van der Waals surface area contributed by atoms with Crippen LogP contribution in [0.3, 0.4) is 0 Å². The predicted molar refractivity (Wildman–Crippen MR) is 158 cm³/mol. The second-order valence-electron chi connectivity index (χ2n) is 11.2. The second kappa shape index (κ2) is 12.1. The third kappa shape index (κ3) is 6.58. The molecule has 198 valence electrons. The molecule has 0 spiro atoms. The molecule has 0 amide bonds. The maximum absolute atomic E-state index is 4.49. The van der Waals surface area contributed by atoms with Crippen LogP contribution in [-0.4, -0.2) is 58.3 Å². The number of hydrogen-bond acceptors (Lipinski definition) is 4. The van der Waals surface area contributed by atoms with Gasteiger partial charge in [-0.1, -0.05) is 60.7 Å². The fourth-order valence-corrected chi connectivity index (χ4v) is 5.75.